The SMILES string of the molecule is Cc1cc(NC(=O)NC2CCC(=O)NC2=O)c(C(=O)O)[nH]1. The number of imide groups is 1. The molecule has 1 atom stereocenters. The Balaban J connectivity index is 2.00. The zero-order chi connectivity index (χ0) is 15.6. The second kappa shape index (κ2) is 5.65. The van der Waals surface area contributed by atoms with E-state index in [-0.39, 0.29) is 30.1 Å². The van der Waals surface area contributed by atoms with Crippen molar-refractivity contribution in [2.24, 2.45) is 0 Å². The Morgan fingerprint density at radius 1 is 1.38 bits per heavy atom. The summed E-state index contributed by atoms with van der Waals surface area (Å²) in [7, 11) is 0. The van der Waals surface area contributed by atoms with Gasteiger partial charge in [-0.3, -0.25) is 14.9 Å². The number of aromatic nitrogens is 1. The third-order valence-corrected chi connectivity index (χ3v) is 2.96. The molecule has 1 fully saturated rings. The molecule has 1 aromatic rings. The van der Waals surface area contributed by atoms with Crippen LogP contribution in [0.5, 0.6) is 0 Å². The number of urea groups is 1. The highest BCUT2D eigenvalue weighted by atomic mass is 16.4. The molecular weight excluding hydrogens is 280 g/mol. The van der Waals surface area contributed by atoms with Crippen LogP contribution in [0.2, 0.25) is 0 Å². The van der Waals surface area contributed by atoms with E-state index in [1.165, 1.54) is 6.07 Å². The van der Waals surface area contributed by atoms with E-state index >= 15 is 0 Å². The first-order chi connectivity index (χ1) is 9.86. The van der Waals surface area contributed by atoms with Gasteiger partial charge in [-0.15, -0.1) is 0 Å². The minimum atomic E-state index is -1.21. The molecule has 0 radical (unpaired) electrons. The molecule has 1 unspecified atom stereocenters. The third kappa shape index (κ3) is 3.38. The third-order valence-electron chi connectivity index (χ3n) is 2.96. The number of H-pyrrole nitrogens is 1. The first-order valence-electron chi connectivity index (χ1n) is 6.21. The van der Waals surface area contributed by atoms with E-state index in [2.05, 4.69) is 20.9 Å². The van der Waals surface area contributed by atoms with E-state index in [9.17, 15) is 19.2 Å². The lowest BCUT2D eigenvalue weighted by Crippen LogP contribution is -2.53. The van der Waals surface area contributed by atoms with Crippen molar-refractivity contribution in [2.45, 2.75) is 25.8 Å². The van der Waals surface area contributed by atoms with Gasteiger partial charge in [0.15, 0.2) is 0 Å². The number of aromatic carboxylic acids is 1. The van der Waals surface area contributed by atoms with E-state index < -0.39 is 23.9 Å². The predicted molar refractivity (Wildman–Crippen MR) is 70.8 cm³/mol. The molecule has 0 spiro atoms. The molecule has 1 aliphatic rings. The maximum atomic E-state index is 11.8. The quantitative estimate of drug-likeness (QED) is 0.497. The first kappa shape index (κ1) is 14.6. The van der Waals surface area contributed by atoms with Gasteiger partial charge in [0.25, 0.3) is 0 Å². The second-order valence-electron chi connectivity index (χ2n) is 4.65. The summed E-state index contributed by atoms with van der Waals surface area (Å²) in [6.45, 7) is 1.65. The number of nitrogens with one attached hydrogen (secondary N) is 4. The molecular formula is C12H14N4O5. The normalized spacial score (nSPS) is 18.0. The van der Waals surface area contributed by atoms with E-state index in [0.29, 0.717) is 5.69 Å². The Hall–Kier alpha value is -2.84. The number of carboxylic acids is 1. The van der Waals surface area contributed by atoms with Gasteiger partial charge >= 0.3 is 12.0 Å². The highest BCUT2D eigenvalue weighted by Gasteiger charge is 2.28. The highest BCUT2D eigenvalue weighted by molar-refractivity contribution is 6.04. The number of anilines is 1. The fourth-order valence-corrected chi connectivity index (χ4v) is 2.00. The summed E-state index contributed by atoms with van der Waals surface area (Å²) in [5.74, 6) is -2.17. The van der Waals surface area contributed by atoms with Crippen LogP contribution in [0.15, 0.2) is 6.07 Å². The molecule has 112 valence electrons. The summed E-state index contributed by atoms with van der Waals surface area (Å²) in [5.41, 5.74) is 0.527. The molecule has 1 aliphatic heterocycles. The Morgan fingerprint density at radius 3 is 2.71 bits per heavy atom. The molecule has 1 saturated heterocycles. The lowest BCUT2D eigenvalue weighted by molar-refractivity contribution is -0.134. The van der Waals surface area contributed by atoms with Gasteiger partial charge in [-0.05, 0) is 19.4 Å². The molecule has 9 heteroatoms. The van der Waals surface area contributed by atoms with Crippen molar-refractivity contribution in [2.75, 3.05) is 5.32 Å². The maximum Gasteiger partial charge on any atom is 0.354 e. The van der Waals surface area contributed by atoms with Crippen molar-refractivity contribution in [1.29, 1.82) is 0 Å². The van der Waals surface area contributed by atoms with Crippen molar-refractivity contribution >= 4 is 29.5 Å². The fourth-order valence-electron chi connectivity index (χ4n) is 2.00. The lowest BCUT2D eigenvalue weighted by atomic mass is 10.1. The van der Waals surface area contributed by atoms with Crippen LogP contribution < -0.4 is 16.0 Å². The first-order valence-corrected chi connectivity index (χ1v) is 6.21. The predicted octanol–water partition coefficient (Wildman–Crippen LogP) is -0.0520. The largest absolute Gasteiger partial charge is 0.477 e. The monoisotopic (exact) mass is 294 g/mol. The Bertz CT molecular complexity index is 621. The van der Waals surface area contributed by atoms with Crippen molar-refractivity contribution < 1.29 is 24.3 Å². The van der Waals surface area contributed by atoms with Gasteiger partial charge in [0.2, 0.25) is 11.8 Å². The average molecular weight is 294 g/mol. The van der Waals surface area contributed by atoms with Crippen LogP contribution in [-0.2, 0) is 9.59 Å². The van der Waals surface area contributed by atoms with Crippen LogP contribution in [0.1, 0.15) is 29.0 Å². The zero-order valence-corrected chi connectivity index (χ0v) is 11.1. The molecule has 2 heterocycles. The summed E-state index contributed by atoms with van der Waals surface area (Å²) < 4.78 is 0. The number of hydrogen-bond acceptors (Lipinski definition) is 4. The lowest BCUT2D eigenvalue weighted by Gasteiger charge is -2.21. The van der Waals surface area contributed by atoms with Crippen LogP contribution in [0, 0.1) is 6.92 Å². The van der Waals surface area contributed by atoms with Gasteiger partial charge in [-0.2, -0.15) is 0 Å². The van der Waals surface area contributed by atoms with Crippen LogP contribution in [0.25, 0.3) is 0 Å². The number of carbonyl (C=O) groups excluding carboxylic acids is 3. The van der Waals surface area contributed by atoms with E-state index in [4.69, 9.17) is 5.11 Å². The molecule has 1 aromatic heterocycles. The number of aryl methyl sites for hydroxylation is 1. The topological polar surface area (TPSA) is 140 Å². The van der Waals surface area contributed by atoms with Gasteiger partial charge in [-0.1, -0.05) is 0 Å². The van der Waals surface area contributed by atoms with Crippen molar-refractivity contribution in [3.05, 3.63) is 17.5 Å². The Labute approximate surface area is 119 Å². The summed E-state index contributed by atoms with van der Waals surface area (Å²) in [6, 6.07) is -0.0740. The van der Waals surface area contributed by atoms with Crippen LogP contribution in [0.4, 0.5) is 10.5 Å². The highest BCUT2D eigenvalue weighted by Crippen LogP contribution is 2.16. The molecule has 0 bridgehead atoms. The number of hydrogen-bond donors (Lipinski definition) is 5. The summed E-state index contributed by atoms with van der Waals surface area (Å²) in [6.07, 6.45) is 0.344. The van der Waals surface area contributed by atoms with E-state index in [1.54, 1.807) is 6.92 Å². The molecule has 0 aromatic carbocycles. The van der Waals surface area contributed by atoms with Crippen LogP contribution >= 0.6 is 0 Å². The summed E-state index contributed by atoms with van der Waals surface area (Å²) in [4.78, 5) is 47.9. The van der Waals surface area contributed by atoms with Gasteiger partial charge in [0, 0.05) is 12.1 Å². The molecule has 21 heavy (non-hydrogen) atoms. The number of rotatable bonds is 3. The number of carbonyl (C=O) groups is 4. The van der Waals surface area contributed by atoms with Crippen molar-refractivity contribution in [3.8, 4) is 0 Å². The standard InChI is InChI=1S/C12H14N4O5/c1-5-4-7(9(13-5)11(19)20)15-12(21)14-6-2-3-8(17)16-10(6)18/h4,6,13H,2-3H2,1H3,(H,19,20)(H2,14,15,21)(H,16,17,18). The van der Waals surface area contributed by atoms with Crippen molar-refractivity contribution in [1.82, 2.24) is 15.6 Å². The number of carboxylic acid groups (broad SMARTS) is 1. The van der Waals surface area contributed by atoms with E-state index in [0.717, 1.165) is 0 Å². The maximum absolute atomic E-state index is 11.8. The number of aromatic amines is 1. The molecule has 4 amide bonds. The smallest absolute Gasteiger partial charge is 0.354 e. The zero-order valence-electron chi connectivity index (χ0n) is 11.1. The molecule has 2 rings (SSSR count). The number of piperidine rings is 1. The Kier molecular flexibility index (Phi) is 3.92. The minimum absolute atomic E-state index is 0.102. The summed E-state index contributed by atoms with van der Waals surface area (Å²) >= 11 is 0. The second-order valence-corrected chi connectivity index (χ2v) is 4.65. The Morgan fingerprint density at radius 2 is 2.10 bits per heavy atom. The average Bonchev–Trinajstić information content (AvgIpc) is 2.74. The van der Waals surface area contributed by atoms with Gasteiger partial charge in [0.1, 0.15) is 11.7 Å². The molecule has 9 nitrogen and oxygen atoms in total. The fraction of sp³-hybridized carbons (Fsp3) is 0.333. The van der Waals surface area contributed by atoms with Crippen molar-refractivity contribution in [3.63, 3.8) is 0 Å². The van der Waals surface area contributed by atoms with Gasteiger partial charge in [0.05, 0.1) is 5.69 Å². The van der Waals surface area contributed by atoms with Gasteiger partial charge < -0.3 is 20.7 Å². The molecule has 5 N–H and O–H groups in total. The van der Waals surface area contributed by atoms with Gasteiger partial charge in [-0.25, -0.2) is 9.59 Å². The molecule has 0 saturated carbocycles. The van der Waals surface area contributed by atoms with E-state index in [1.807, 2.05) is 0 Å². The van der Waals surface area contributed by atoms with Crippen LogP contribution in [-0.4, -0.2) is 39.9 Å². The number of amides is 4. The minimum Gasteiger partial charge on any atom is -0.477 e. The summed E-state index contributed by atoms with van der Waals surface area (Å²) in [5, 5.41) is 15.8. The van der Waals surface area contributed by atoms with Crippen LogP contribution in [0.3, 0.4) is 0 Å². The molecule has 0 aliphatic carbocycles.